The van der Waals surface area contributed by atoms with Gasteiger partial charge in [-0.25, -0.2) is 0 Å². The lowest BCUT2D eigenvalue weighted by Crippen LogP contribution is -2.48. The number of rotatable bonds is 13. The number of amides is 2. The first-order valence-electron chi connectivity index (χ1n) is 11.8. The molecule has 1 aromatic carbocycles. The van der Waals surface area contributed by atoms with E-state index in [0.717, 1.165) is 17.0 Å². The van der Waals surface area contributed by atoms with Crippen LogP contribution in [0.1, 0.15) is 57.5 Å². The number of nitrogens with zero attached hydrogens (tertiary/aromatic N) is 2. The van der Waals surface area contributed by atoms with E-state index in [2.05, 4.69) is 22.4 Å². The minimum atomic E-state index is -4.75. The maximum absolute atomic E-state index is 13.6. The molecule has 1 unspecified atom stereocenters. The summed E-state index contributed by atoms with van der Waals surface area (Å²) in [5.74, 6) is -2.22. The van der Waals surface area contributed by atoms with E-state index in [1.165, 1.54) is 31.5 Å². The SMILES string of the molecule is C=CN/C=C(C(=O)N(CC(=O)c1ccccc1C(F)(F)F)CC(C)NC(=O)C(C)C)/C(C)=N/OC(C)C. The molecule has 0 saturated carbocycles. The van der Waals surface area contributed by atoms with Gasteiger partial charge in [-0.2, -0.15) is 13.2 Å². The third-order valence-corrected chi connectivity index (χ3v) is 4.93. The topological polar surface area (TPSA) is 100 Å². The van der Waals surface area contributed by atoms with E-state index >= 15 is 0 Å². The maximum atomic E-state index is 13.6. The number of alkyl halides is 3. The first-order chi connectivity index (χ1) is 17.2. The second kappa shape index (κ2) is 14.2. The Balaban J connectivity index is 3.44. The molecule has 11 heteroatoms. The van der Waals surface area contributed by atoms with Crippen LogP contribution >= 0.6 is 0 Å². The number of Topliss-reactive ketones (excluding diaryl/α,β-unsaturated/α-hetero) is 1. The monoisotopic (exact) mass is 524 g/mol. The summed E-state index contributed by atoms with van der Waals surface area (Å²) in [6.07, 6.45) is -2.42. The van der Waals surface area contributed by atoms with Gasteiger partial charge in [-0.3, -0.25) is 14.4 Å². The van der Waals surface area contributed by atoms with Crippen LogP contribution in [0.2, 0.25) is 0 Å². The van der Waals surface area contributed by atoms with Crippen molar-refractivity contribution < 1.29 is 32.4 Å². The molecule has 0 aromatic heterocycles. The number of benzene rings is 1. The first kappa shape index (κ1) is 31.4. The standard InChI is InChI=1S/C26H35F3N4O4/c1-8-30-13-21(19(7)32-37-17(4)5)25(36)33(14-18(6)31-24(35)16(2)3)15-23(34)20-11-9-10-12-22(20)26(27,28)29/h8-13,16-18,30H,1,14-15H2,2-7H3,(H,31,35)/b21-13-,32-19+. The molecule has 37 heavy (non-hydrogen) atoms. The van der Waals surface area contributed by atoms with E-state index in [1.54, 1.807) is 34.6 Å². The molecule has 2 amide bonds. The summed E-state index contributed by atoms with van der Waals surface area (Å²) in [5, 5.41) is 9.35. The summed E-state index contributed by atoms with van der Waals surface area (Å²) in [7, 11) is 0. The van der Waals surface area contributed by atoms with Crippen molar-refractivity contribution in [1.29, 1.82) is 0 Å². The summed E-state index contributed by atoms with van der Waals surface area (Å²) in [5.41, 5.74) is -1.49. The van der Waals surface area contributed by atoms with E-state index in [-0.39, 0.29) is 35.8 Å². The minimum absolute atomic E-state index is 0.000146. The number of carbonyl (C=O) groups excluding carboxylic acids is 3. The first-order valence-corrected chi connectivity index (χ1v) is 11.8. The Bertz CT molecular complexity index is 1030. The lowest BCUT2D eigenvalue weighted by Gasteiger charge is -2.27. The van der Waals surface area contributed by atoms with Crippen molar-refractivity contribution in [2.75, 3.05) is 13.1 Å². The van der Waals surface area contributed by atoms with Crippen molar-refractivity contribution in [2.45, 2.75) is 59.9 Å². The zero-order chi connectivity index (χ0) is 28.3. The van der Waals surface area contributed by atoms with Gasteiger partial charge in [0, 0.05) is 30.3 Å². The molecule has 0 spiro atoms. The van der Waals surface area contributed by atoms with Crippen LogP contribution in [0.3, 0.4) is 0 Å². The molecule has 0 heterocycles. The second-order valence-electron chi connectivity index (χ2n) is 8.98. The Labute approximate surface area is 215 Å². The summed E-state index contributed by atoms with van der Waals surface area (Å²) >= 11 is 0. The smallest absolute Gasteiger partial charge is 0.393 e. The Morgan fingerprint density at radius 1 is 1.14 bits per heavy atom. The number of carbonyl (C=O) groups is 3. The lowest BCUT2D eigenvalue weighted by atomic mass is 10.0. The zero-order valence-corrected chi connectivity index (χ0v) is 22.0. The molecule has 1 aromatic rings. The average molecular weight is 525 g/mol. The molecular formula is C26H35F3N4O4. The van der Waals surface area contributed by atoms with Gasteiger partial charge < -0.3 is 20.4 Å². The Morgan fingerprint density at radius 3 is 2.30 bits per heavy atom. The number of hydrogen-bond acceptors (Lipinski definition) is 6. The number of halogens is 3. The van der Waals surface area contributed by atoms with Gasteiger partial charge in [0.25, 0.3) is 5.91 Å². The van der Waals surface area contributed by atoms with Gasteiger partial charge >= 0.3 is 6.18 Å². The molecule has 204 valence electrons. The molecule has 0 radical (unpaired) electrons. The normalized spacial score (nSPS) is 13.3. The van der Waals surface area contributed by atoms with E-state index in [1.807, 2.05) is 0 Å². The van der Waals surface area contributed by atoms with Gasteiger partial charge in [-0.05, 0) is 40.0 Å². The predicted molar refractivity (Wildman–Crippen MR) is 136 cm³/mol. The van der Waals surface area contributed by atoms with Crippen LogP contribution in [0.4, 0.5) is 13.2 Å². The third-order valence-electron chi connectivity index (χ3n) is 4.93. The third kappa shape index (κ3) is 10.1. The summed E-state index contributed by atoms with van der Waals surface area (Å²) in [4.78, 5) is 45.1. The Kier molecular flexibility index (Phi) is 12.0. The van der Waals surface area contributed by atoms with Gasteiger partial charge in [-0.1, -0.05) is 43.8 Å². The average Bonchev–Trinajstić information content (AvgIpc) is 2.81. The van der Waals surface area contributed by atoms with Crippen LogP contribution in [-0.2, 0) is 20.6 Å². The molecule has 0 fully saturated rings. The number of hydrogen-bond donors (Lipinski definition) is 2. The van der Waals surface area contributed by atoms with Gasteiger partial charge in [0.15, 0.2) is 5.78 Å². The van der Waals surface area contributed by atoms with Crippen LogP contribution in [0.15, 0.2) is 54.0 Å². The van der Waals surface area contributed by atoms with Crippen molar-refractivity contribution in [3.63, 3.8) is 0 Å². The van der Waals surface area contributed by atoms with E-state index in [9.17, 15) is 27.6 Å². The highest BCUT2D eigenvalue weighted by atomic mass is 19.4. The Hall–Kier alpha value is -3.63. The number of oxime groups is 1. The molecule has 2 N–H and O–H groups in total. The van der Waals surface area contributed by atoms with Gasteiger partial charge in [-0.15, -0.1) is 0 Å². The van der Waals surface area contributed by atoms with Crippen LogP contribution in [0.5, 0.6) is 0 Å². The highest BCUT2D eigenvalue weighted by Gasteiger charge is 2.35. The van der Waals surface area contributed by atoms with E-state index in [0.29, 0.717) is 0 Å². The fraction of sp³-hybridized carbons (Fsp3) is 0.462. The maximum Gasteiger partial charge on any atom is 0.417 e. The molecule has 0 aliphatic carbocycles. The van der Waals surface area contributed by atoms with Gasteiger partial charge in [0.05, 0.1) is 23.4 Å². The molecule has 8 nitrogen and oxygen atoms in total. The van der Waals surface area contributed by atoms with Crippen molar-refractivity contribution in [1.82, 2.24) is 15.5 Å². The number of ketones is 1. The van der Waals surface area contributed by atoms with Gasteiger partial charge in [0.2, 0.25) is 5.91 Å². The lowest BCUT2D eigenvalue weighted by molar-refractivity contribution is -0.138. The van der Waals surface area contributed by atoms with Crippen molar-refractivity contribution >= 4 is 23.3 Å². The van der Waals surface area contributed by atoms with Crippen LogP contribution in [0.25, 0.3) is 0 Å². The quantitative estimate of drug-likeness (QED) is 0.174. The summed E-state index contributed by atoms with van der Waals surface area (Å²) in [6.45, 7) is 12.7. The van der Waals surface area contributed by atoms with Crippen molar-refractivity contribution in [3.8, 4) is 0 Å². The molecule has 1 atom stereocenters. The molecule has 1 rings (SSSR count). The van der Waals surface area contributed by atoms with E-state index < -0.39 is 41.6 Å². The second-order valence-corrected chi connectivity index (χ2v) is 8.98. The molecule has 0 bridgehead atoms. The van der Waals surface area contributed by atoms with Crippen LogP contribution in [-0.4, -0.2) is 53.4 Å². The summed E-state index contributed by atoms with van der Waals surface area (Å²) in [6, 6.07) is 3.77. The van der Waals surface area contributed by atoms with Gasteiger partial charge in [0.1, 0.15) is 6.10 Å². The molecule has 0 aliphatic rings. The summed E-state index contributed by atoms with van der Waals surface area (Å²) < 4.78 is 40.6. The predicted octanol–water partition coefficient (Wildman–Crippen LogP) is 4.30. The zero-order valence-electron chi connectivity index (χ0n) is 22.0. The van der Waals surface area contributed by atoms with Crippen LogP contribution in [0, 0.1) is 5.92 Å². The highest BCUT2D eigenvalue weighted by molar-refractivity contribution is 6.21. The number of nitrogens with one attached hydrogen (secondary N) is 2. The minimum Gasteiger partial charge on any atom is -0.393 e. The van der Waals surface area contributed by atoms with E-state index in [4.69, 9.17) is 4.84 Å². The Morgan fingerprint density at radius 2 is 1.76 bits per heavy atom. The van der Waals surface area contributed by atoms with Crippen molar-refractivity contribution in [3.05, 3.63) is 59.9 Å². The molecular weight excluding hydrogens is 489 g/mol. The molecule has 0 saturated heterocycles. The fourth-order valence-corrected chi connectivity index (χ4v) is 3.10. The highest BCUT2D eigenvalue weighted by Crippen LogP contribution is 2.32. The largest absolute Gasteiger partial charge is 0.417 e. The van der Waals surface area contributed by atoms with Crippen molar-refractivity contribution in [2.24, 2.45) is 11.1 Å². The molecule has 0 aliphatic heterocycles. The van der Waals surface area contributed by atoms with Crippen LogP contribution < -0.4 is 10.6 Å². The fourth-order valence-electron chi connectivity index (χ4n) is 3.10.